The van der Waals surface area contributed by atoms with Crippen LogP contribution in [0.4, 0.5) is 0 Å². The molecular weight excluding hydrogens is 298 g/mol. The second-order valence-corrected chi connectivity index (χ2v) is 5.68. The van der Waals surface area contributed by atoms with Crippen molar-refractivity contribution in [2.24, 2.45) is 0 Å². The van der Waals surface area contributed by atoms with E-state index in [-0.39, 0.29) is 24.5 Å². The van der Waals surface area contributed by atoms with Crippen molar-refractivity contribution in [2.45, 2.75) is 38.3 Å². The van der Waals surface area contributed by atoms with Gasteiger partial charge in [-0.2, -0.15) is 0 Å². The van der Waals surface area contributed by atoms with E-state index in [1.807, 2.05) is 13.0 Å². The fourth-order valence-corrected chi connectivity index (χ4v) is 2.79. The normalized spacial score (nSPS) is 20.5. The monoisotopic (exact) mass is 321 g/mol. The zero-order chi connectivity index (χ0) is 16.8. The summed E-state index contributed by atoms with van der Waals surface area (Å²) in [5.74, 6) is -0.447. The molecule has 1 N–H and O–H groups in total. The summed E-state index contributed by atoms with van der Waals surface area (Å²) < 4.78 is 10.9. The topological polar surface area (TPSA) is 76.1 Å². The Morgan fingerprint density at radius 1 is 1.39 bits per heavy atom. The summed E-state index contributed by atoms with van der Waals surface area (Å²) in [4.78, 5) is 25.4. The van der Waals surface area contributed by atoms with Gasteiger partial charge in [0, 0.05) is 25.3 Å². The quantitative estimate of drug-likeness (QED) is 0.833. The molecule has 0 bridgehead atoms. The zero-order valence-electron chi connectivity index (χ0n) is 13.5. The summed E-state index contributed by atoms with van der Waals surface area (Å²) in [6.45, 7) is 3.02. The summed E-state index contributed by atoms with van der Waals surface area (Å²) >= 11 is 0. The summed E-state index contributed by atoms with van der Waals surface area (Å²) in [5, 5.41) is 9.05. The van der Waals surface area contributed by atoms with E-state index in [2.05, 4.69) is 0 Å². The van der Waals surface area contributed by atoms with Crippen molar-refractivity contribution in [1.82, 2.24) is 4.90 Å². The summed E-state index contributed by atoms with van der Waals surface area (Å²) in [5.41, 5.74) is 0.505. The Morgan fingerprint density at radius 3 is 2.83 bits per heavy atom. The first-order valence-corrected chi connectivity index (χ1v) is 7.83. The van der Waals surface area contributed by atoms with Crippen LogP contribution in [0.3, 0.4) is 0 Å². The lowest BCUT2D eigenvalue weighted by Crippen LogP contribution is -2.37. The fourth-order valence-electron chi connectivity index (χ4n) is 2.79. The standard InChI is InChI=1S/C17H23NO5/c1-3-7-23-14-6-4-5-12(8-14)17(21)18-11-15(22-2)9-13(18)10-16(19)20/h4-6,8,13,15H,3,7,9-11H2,1-2H3,(H,19,20). The van der Waals surface area contributed by atoms with E-state index in [4.69, 9.17) is 14.6 Å². The predicted molar refractivity (Wildman–Crippen MR) is 84.7 cm³/mol. The number of ether oxygens (including phenoxy) is 2. The Kier molecular flexibility index (Phi) is 5.98. The predicted octanol–water partition coefficient (Wildman–Crippen LogP) is 2.18. The van der Waals surface area contributed by atoms with Gasteiger partial charge in [0.2, 0.25) is 0 Å². The van der Waals surface area contributed by atoms with Crippen LogP contribution in [-0.2, 0) is 9.53 Å². The van der Waals surface area contributed by atoms with Crippen molar-refractivity contribution in [3.63, 3.8) is 0 Å². The van der Waals surface area contributed by atoms with Crippen molar-refractivity contribution in [1.29, 1.82) is 0 Å². The number of hydrogen-bond acceptors (Lipinski definition) is 4. The van der Waals surface area contributed by atoms with Gasteiger partial charge in [0.1, 0.15) is 5.75 Å². The average molecular weight is 321 g/mol. The van der Waals surface area contributed by atoms with Crippen LogP contribution in [0.15, 0.2) is 24.3 Å². The maximum Gasteiger partial charge on any atom is 0.305 e. The molecule has 0 aromatic heterocycles. The molecule has 0 aliphatic carbocycles. The minimum absolute atomic E-state index is 0.0718. The molecule has 2 rings (SSSR count). The summed E-state index contributed by atoms with van der Waals surface area (Å²) in [7, 11) is 1.58. The first-order valence-electron chi connectivity index (χ1n) is 7.83. The Morgan fingerprint density at radius 2 is 2.17 bits per heavy atom. The lowest BCUT2D eigenvalue weighted by atomic mass is 10.1. The molecule has 6 nitrogen and oxygen atoms in total. The van der Waals surface area contributed by atoms with Crippen LogP contribution in [0.25, 0.3) is 0 Å². The number of carboxylic acids is 1. The van der Waals surface area contributed by atoms with Gasteiger partial charge in [-0.1, -0.05) is 13.0 Å². The highest BCUT2D eigenvalue weighted by Crippen LogP contribution is 2.25. The molecular formula is C17H23NO5. The third kappa shape index (κ3) is 4.45. The minimum Gasteiger partial charge on any atom is -0.494 e. The Labute approximate surface area is 136 Å². The molecule has 2 unspecified atom stereocenters. The second-order valence-electron chi connectivity index (χ2n) is 5.68. The second kappa shape index (κ2) is 7.97. The number of carbonyl (C=O) groups excluding carboxylic acids is 1. The van der Waals surface area contributed by atoms with Crippen LogP contribution < -0.4 is 4.74 Å². The van der Waals surface area contributed by atoms with Crippen LogP contribution >= 0.6 is 0 Å². The van der Waals surface area contributed by atoms with Gasteiger partial charge in [0.05, 0.1) is 19.1 Å². The minimum atomic E-state index is -0.912. The van der Waals surface area contributed by atoms with Crippen LogP contribution in [-0.4, -0.2) is 54.3 Å². The Balaban J connectivity index is 2.15. The number of hydrogen-bond donors (Lipinski definition) is 1. The van der Waals surface area contributed by atoms with Gasteiger partial charge in [-0.15, -0.1) is 0 Å². The van der Waals surface area contributed by atoms with Gasteiger partial charge in [-0.25, -0.2) is 0 Å². The third-order valence-corrected chi connectivity index (χ3v) is 3.93. The zero-order valence-corrected chi connectivity index (χ0v) is 13.5. The van der Waals surface area contributed by atoms with Crippen molar-refractivity contribution in [2.75, 3.05) is 20.3 Å². The van der Waals surface area contributed by atoms with Crippen molar-refractivity contribution in [3.8, 4) is 5.75 Å². The molecule has 1 saturated heterocycles. The first-order chi connectivity index (χ1) is 11.0. The SMILES string of the molecule is CCCOc1cccc(C(=O)N2CC(OC)CC2CC(=O)O)c1. The van der Waals surface area contributed by atoms with Gasteiger partial charge >= 0.3 is 5.97 Å². The largest absolute Gasteiger partial charge is 0.494 e. The maximum absolute atomic E-state index is 12.7. The van der Waals surface area contributed by atoms with E-state index in [9.17, 15) is 9.59 Å². The maximum atomic E-state index is 12.7. The first kappa shape index (κ1) is 17.3. The lowest BCUT2D eigenvalue weighted by Gasteiger charge is -2.23. The van der Waals surface area contributed by atoms with E-state index in [0.717, 1.165) is 6.42 Å². The van der Waals surface area contributed by atoms with E-state index in [1.54, 1.807) is 30.2 Å². The molecule has 1 aromatic carbocycles. The number of methoxy groups -OCH3 is 1. The molecule has 0 radical (unpaired) electrons. The number of benzene rings is 1. The number of carboxylic acid groups (broad SMARTS) is 1. The van der Waals surface area contributed by atoms with Crippen LogP contribution in [0, 0.1) is 0 Å². The highest BCUT2D eigenvalue weighted by Gasteiger charge is 2.36. The smallest absolute Gasteiger partial charge is 0.305 e. The summed E-state index contributed by atoms with van der Waals surface area (Å²) in [6, 6.07) is 6.66. The average Bonchev–Trinajstić information content (AvgIpc) is 2.94. The van der Waals surface area contributed by atoms with Crippen molar-refractivity contribution in [3.05, 3.63) is 29.8 Å². The number of amides is 1. The van der Waals surface area contributed by atoms with E-state index < -0.39 is 5.97 Å². The fraction of sp³-hybridized carbons (Fsp3) is 0.529. The van der Waals surface area contributed by atoms with Crippen molar-refractivity contribution < 1.29 is 24.2 Å². The number of aliphatic carboxylic acids is 1. The summed E-state index contributed by atoms with van der Waals surface area (Å²) in [6.07, 6.45) is 1.24. The molecule has 1 amide bonds. The van der Waals surface area contributed by atoms with E-state index in [1.165, 1.54) is 0 Å². The molecule has 1 aliphatic rings. The third-order valence-electron chi connectivity index (χ3n) is 3.93. The van der Waals surface area contributed by atoms with Crippen LogP contribution in [0.5, 0.6) is 5.75 Å². The number of nitrogens with zero attached hydrogens (tertiary/aromatic N) is 1. The van der Waals surface area contributed by atoms with E-state index in [0.29, 0.717) is 30.9 Å². The molecule has 126 valence electrons. The number of likely N-dealkylation sites (tertiary alicyclic amines) is 1. The molecule has 1 aliphatic heterocycles. The van der Waals surface area contributed by atoms with Crippen LogP contribution in [0.2, 0.25) is 0 Å². The van der Waals surface area contributed by atoms with Gasteiger partial charge < -0.3 is 19.5 Å². The molecule has 1 heterocycles. The molecule has 0 spiro atoms. The number of carbonyl (C=O) groups is 2. The molecule has 23 heavy (non-hydrogen) atoms. The van der Waals surface area contributed by atoms with Gasteiger partial charge in [0.25, 0.3) is 5.91 Å². The molecule has 6 heteroatoms. The molecule has 1 fully saturated rings. The van der Waals surface area contributed by atoms with E-state index >= 15 is 0 Å². The van der Waals surface area contributed by atoms with Gasteiger partial charge in [-0.3, -0.25) is 9.59 Å². The highest BCUT2D eigenvalue weighted by atomic mass is 16.5. The lowest BCUT2D eigenvalue weighted by molar-refractivity contribution is -0.137. The van der Waals surface area contributed by atoms with Crippen molar-refractivity contribution >= 4 is 11.9 Å². The Hall–Kier alpha value is -2.08. The Bertz CT molecular complexity index is 560. The molecule has 0 saturated carbocycles. The van der Waals surface area contributed by atoms with Gasteiger partial charge in [-0.05, 0) is 31.0 Å². The van der Waals surface area contributed by atoms with Crippen LogP contribution in [0.1, 0.15) is 36.5 Å². The highest BCUT2D eigenvalue weighted by molar-refractivity contribution is 5.95. The molecule has 1 aromatic rings. The number of rotatable bonds is 7. The molecule has 2 atom stereocenters. The van der Waals surface area contributed by atoms with Gasteiger partial charge in [0.15, 0.2) is 0 Å².